The average molecular weight is 327 g/mol. The van der Waals surface area contributed by atoms with Crippen LogP contribution in [0.2, 0.25) is 0 Å². The van der Waals surface area contributed by atoms with Gasteiger partial charge in [-0.3, -0.25) is 0 Å². The Bertz CT molecular complexity index is 731. The maximum Gasteiger partial charge on any atom is 0.335 e. The highest BCUT2D eigenvalue weighted by molar-refractivity contribution is 5.87. The van der Waals surface area contributed by atoms with Gasteiger partial charge in [0.25, 0.3) is 0 Å². The van der Waals surface area contributed by atoms with Crippen molar-refractivity contribution in [3.05, 3.63) is 71.0 Å². The highest BCUT2D eigenvalue weighted by Gasteiger charge is 2.54. The molecule has 1 fully saturated rings. The van der Waals surface area contributed by atoms with Crippen molar-refractivity contribution < 1.29 is 14.3 Å². The quantitative estimate of drug-likeness (QED) is 0.839. The molecule has 0 heterocycles. The van der Waals surface area contributed by atoms with Gasteiger partial charge in [-0.1, -0.05) is 38.1 Å². The molecule has 2 aromatic rings. The fraction of sp³-hybridized carbons (Fsp3) is 0.350. The Morgan fingerprint density at radius 2 is 1.71 bits per heavy atom. The van der Waals surface area contributed by atoms with Gasteiger partial charge in [0.05, 0.1) is 5.56 Å². The Morgan fingerprint density at radius 3 is 2.21 bits per heavy atom. The lowest BCUT2D eigenvalue weighted by atomic mass is 9.75. The third kappa shape index (κ3) is 3.06. The van der Waals surface area contributed by atoms with Crippen LogP contribution in [0.25, 0.3) is 0 Å². The molecule has 1 aliphatic carbocycles. The van der Waals surface area contributed by atoms with Crippen molar-refractivity contribution in [2.45, 2.75) is 44.2 Å². The molecule has 0 saturated heterocycles. The second-order valence-corrected chi connectivity index (χ2v) is 7.07. The van der Waals surface area contributed by atoms with Crippen molar-refractivity contribution >= 4 is 5.97 Å². The smallest absolute Gasteiger partial charge is 0.335 e. The predicted molar refractivity (Wildman–Crippen MR) is 91.6 cm³/mol. The molecule has 2 N–H and O–H groups in total. The molecule has 2 aromatic carbocycles. The summed E-state index contributed by atoms with van der Waals surface area (Å²) in [6, 6.07) is 13.7. The van der Waals surface area contributed by atoms with Crippen molar-refractivity contribution in [2.24, 2.45) is 0 Å². The van der Waals surface area contributed by atoms with Crippen LogP contribution in [0.4, 0.5) is 4.39 Å². The summed E-state index contributed by atoms with van der Waals surface area (Å²) in [7, 11) is 0. The van der Waals surface area contributed by atoms with Gasteiger partial charge in [-0.15, -0.1) is 0 Å². The number of hydrogen-bond donors (Lipinski definition) is 2. The van der Waals surface area contributed by atoms with Gasteiger partial charge >= 0.3 is 5.97 Å². The molecular formula is C20H22FNO2. The Labute approximate surface area is 141 Å². The maximum atomic E-state index is 13.2. The third-order valence-electron chi connectivity index (χ3n) is 5.34. The normalized spacial score (nSPS) is 16.0. The fourth-order valence-corrected chi connectivity index (χ4v) is 3.33. The topological polar surface area (TPSA) is 49.3 Å². The van der Waals surface area contributed by atoms with Crippen LogP contribution in [-0.4, -0.2) is 16.6 Å². The highest BCUT2D eigenvalue weighted by Crippen LogP contribution is 2.51. The molecule has 1 aliphatic rings. The summed E-state index contributed by atoms with van der Waals surface area (Å²) in [6.45, 7) is 5.06. The molecule has 126 valence electrons. The van der Waals surface area contributed by atoms with Crippen molar-refractivity contribution in [3.8, 4) is 0 Å². The van der Waals surface area contributed by atoms with Crippen LogP contribution in [0.3, 0.4) is 0 Å². The number of hydrogen-bond acceptors (Lipinski definition) is 2. The lowest BCUT2D eigenvalue weighted by Gasteiger charge is -2.36. The van der Waals surface area contributed by atoms with Gasteiger partial charge in [-0.2, -0.15) is 0 Å². The van der Waals surface area contributed by atoms with Crippen LogP contribution in [0.5, 0.6) is 0 Å². The molecule has 0 radical (unpaired) electrons. The minimum absolute atomic E-state index is 0.00367. The number of carboxylic acids is 1. The molecule has 0 atom stereocenters. The first-order valence-corrected chi connectivity index (χ1v) is 8.17. The van der Waals surface area contributed by atoms with Crippen LogP contribution in [-0.2, 0) is 12.0 Å². The van der Waals surface area contributed by atoms with Crippen molar-refractivity contribution in [3.63, 3.8) is 0 Å². The lowest BCUT2D eigenvalue weighted by Crippen LogP contribution is -2.47. The second kappa shape index (κ2) is 6.02. The molecule has 0 spiro atoms. The Morgan fingerprint density at radius 1 is 1.12 bits per heavy atom. The first-order chi connectivity index (χ1) is 11.3. The molecule has 3 nitrogen and oxygen atoms in total. The van der Waals surface area contributed by atoms with Gasteiger partial charge in [0.1, 0.15) is 5.82 Å². The molecule has 0 aromatic heterocycles. The number of rotatable bonds is 6. The zero-order chi connectivity index (χ0) is 17.4. The van der Waals surface area contributed by atoms with E-state index in [9.17, 15) is 9.18 Å². The number of nitrogens with one attached hydrogen (secondary N) is 1. The molecule has 3 rings (SSSR count). The summed E-state index contributed by atoms with van der Waals surface area (Å²) in [5.74, 6) is -1.13. The Kier molecular flexibility index (Phi) is 4.18. The number of carbonyl (C=O) groups is 1. The summed E-state index contributed by atoms with van der Waals surface area (Å²) in [5, 5.41) is 12.6. The van der Waals surface area contributed by atoms with Gasteiger partial charge in [0, 0.05) is 17.5 Å². The van der Waals surface area contributed by atoms with E-state index in [1.54, 1.807) is 12.1 Å². The Hall–Kier alpha value is -2.20. The lowest BCUT2D eigenvalue weighted by molar-refractivity contribution is 0.0697. The summed E-state index contributed by atoms with van der Waals surface area (Å²) in [6.07, 6.45) is 2.15. The highest BCUT2D eigenvalue weighted by atomic mass is 19.1. The van der Waals surface area contributed by atoms with E-state index in [0.29, 0.717) is 12.1 Å². The van der Waals surface area contributed by atoms with E-state index in [1.165, 1.54) is 12.1 Å². The van der Waals surface area contributed by atoms with Gasteiger partial charge in [0.15, 0.2) is 0 Å². The number of halogens is 1. The average Bonchev–Trinajstić information content (AvgIpc) is 3.35. The maximum absolute atomic E-state index is 13.2. The zero-order valence-electron chi connectivity index (χ0n) is 14.0. The first-order valence-electron chi connectivity index (χ1n) is 8.17. The van der Waals surface area contributed by atoms with Gasteiger partial charge in [-0.25, -0.2) is 9.18 Å². The van der Waals surface area contributed by atoms with Crippen LogP contribution in [0.1, 0.15) is 48.2 Å². The van der Waals surface area contributed by atoms with Gasteiger partial charge < -0.3 is 10.4 Å². The number of benzene rings is 2. The monoisotopic (exact) mass is 327 g/mol. The molecule has 4 heteroatoms. The molecule has 0 bridgehead atoms. The van der Waals surface area contributed by atoms with E-state index in [2.05, 4.69) is 19.2 Å². The van der Waals surface area contributed by atoms with E-state index < -0.39 is 5.97 Å². The number of carboxylic acid groups (broad SMARTS) is 1. The number of aromatic carboxylic acids is 1. The standard InChI is InChI=1S/C20H22FNO2/c1-19(2,16-7-9-17(21)10-8-16)20(11-12-20)22-13-14-3-5-15(6-4-14)18(23)24/h3-10,22H,11-13H2,1-2H3,(H,23,24). The molecular weight excluding hydrogens is 305 g/mol. The summed E-state index contributed by atoms with van der Waals surface area (Å²) < 4.78 is 13.2. The third-order valence-corrected chi connectivity index (χ3v) is 5.34. The van der Waals surface area contributed by atoms with Crippen molar-refractivity contribution in [1.29, 1.82) is 0 Å². The van der Waals surface area contributed by atoms with Crippen LogP contribution in [0, 0.1) is 5.82 Å². The molecule has 0 amide bonds. The van der Waals surface area contributed by atoms with Crippen LogP contribution < -0.4 is 5.32 Å². The zero-order valence-corrected chi connectivity index (χ0v) is 14.0. The van der Waals surface area contributed by atoms with E-state index in [4.69, 9.17) is 5.11 Å². The summed E-state index contributed by atoms with van der Waals surface area (Å²) >= 11 is 0. The summed E-state index contributed by atoms with van der Waals surface area (Å²) in [5.41, 5.74) is 2.36. The van der Waals surface area contributed by atoms with Gasteiger partial charge in [0.2, 0.25) is 0 Å². The molecule has 0 unspecified atom stereocenters. The van der Waals surface area contributed by atoms with Crippen LogP contribution >= 0.6 is 0 Å². The minimum Gasteiger partial charge on any atom is -0.478 e. The molecule has 0 aliphatic heterocycles. The fourth-order valence-electron chi connectivity index (χ4n) is 3.33. The second-order valence-electron chi connectivity index (χ2n) is 7.07. The van der Waals surface area contributed by atoms with E-state index in [1.807, 2.05) is 24.3 Å². The van der Waals surface area contributed by atoms with E-state index in [0.717, 1.165) is 24.0 Å². The van der Waals surface area contributed by atoms with E-state index in [-0.39, 0.29) is 16.8 Å². The largest absolute Gasteiger partial charge is 0.478 e. The van der Waals surface area contributed by atoms with Crippen molar-refractivity contribution in [1.82, 2.24) is 5.32 Å². The van der Waals surface area contributed by atoms with E-state index >= 15 is 0 Å². The minimum atomic E-state index is -0.911. The Balaban J connectivity index is 1.72. The SMILES string of the molecule is CC(C)(c1ccc(F)cc1)C1(NCc2ccc(C(=O)O)cc2)CC1. The molecule has 24 heavy (non-hydrogen) atoms. The first kappa shape index (κ1) is 16.7. The van der Waals surface area contributed by atoms with Gasteiger partial charge in [-0.05, 0) is 48.2 Å². The van der Waals surface area contributed by atoms with Crippen molar-refractivity contribution in [2.75, 3.05) is 0 Å². The summed E-state index contributed by atoms with van der Waals surface area (Å²) in [4.78, 5) is 10.9. The predicted octanol–water partition coefficient (Wildman–Crippen LogP) is 4.12. The molecule has 1 saturated carbocycles. The van der Waals surface area contributed by atoms with Crippen LogP contribution in [0.15, 0.2) is 48.5 Å².